The SMILES string of the molecule is c1cc(-c2nc(-c3ccccc3-c3cccc4ccccc34)nc(-c3cccc4c3sc3ccccc34)n2)cc(-c2cc3ccccc3c3ccccc23)c1. The van der Waals surface area contributed by atoms with Crippen LogP contribution in [0.15, 0.2) is 188 Å². The van der Waals surface area contributed by atoms with Gasteiger partial charge in [-0.05, 0) is 78.8 Å². The lowest BCUT2D eigenvalue weighted by Crippen LogP contribution is -2.01. The molecular formula is C51H31N3S. The van der Waals surface area contributed by atoms with E-state index in [1.54, 1.807) is 11.3 Å². The summed E-state index contributed by atoms with van der Waals surface area (Å²) in [5.74, 6) is 1.94. The number of hydrogen-bond acceptors (Lipinski definition) is 4. The van der Waals surface area contributed by atoms with Crippen molar-refractivity contribution in [3.05, 3.63) is 188 Å². The van der Waals surface area contributed by atoms with Crippen LogP contribution in [0.1, 0.15) is 0 Å². The third-order valence-corrected chi connectivity index (χ3v) is 11.9. The maximum absolute atomic E-state index is 5.33. The van der Waals surface area contributed by atoms with Crippen molar-refractivity contribution in [2.75, 3.05) is 0 Å². The summed E-state index contributed by atoms with van der Waals surface area (Å²) in [5, 5.41) is 9.78. The van der Waals surface area contributed by atoms with Gasteiger partial charge in [0.2, 0.25) is 0 Å². The Hall–Kier alpha value is -7.01. The largest absolute Gasteiger partial charge is 0.208 e. The molecule has 0 aliphatic heterocycles. The Morgan fingerprint density at radius 2 is 0.836 bits per heavy atom. The molecule has 0 aliphatic rings. The van der Waals surface area contributed by atoms with Gasteiger partial charge in [0.1, 0.15) is 0 Å². The maximum atomic E-state index is 5.33. The van der Waals surface area contributed by atoms with E-state index < -0.39 is 0 Å². The molecule has 0 saturated heterocycles. The summed E-state index contributed by atoms with van der Waals surface area (Å²) < 4.78 is 2.42. The van der Waals surface area contributed by atoms with E-state index in [-0.39, 0.29) is 0 Å². The molecular weight excluding hydrogens is 687 g/mol. The van der Waals surface area contributed by atoms with E-state index in [1.165, 1.54) is 58.1 Å². The summed E-state index contributed by atoms with van der Waals surface area (Å²) in [6.45, 7) is 0. The zero-order valence-electron chi connectivity index (χ0n) is 29.6. The first-order chi connectivity index (χ1) is 27.3. The van der Waals surface area contributed by atoms with Gasteiger partial charge in [-0.3, -0.25) is 0 Å². The third kappa shape index (κ3) is 5.30. The fourth-order valence-corrected chi connectivity index (χ4v) is 9.37. The highest BCUT2D eigenvalue weighted by atomic mass is 32.1. The molecule has 0 unspecified atom stereocenters. The van der Waals surface area contributed by atoms with Crippen LogP contribution in [0.5, 0.6) is 0 Å². The Balaban J connectivity index is 1.15. The molecule has 0 atom stereocenters. The number of benzene rings is 9. The number of aromatic nitrogens is 3. The maximum Gasteiger partial charge on any atom is 0.165 e. The van der Waals surface area contributed by atoms with Crippen molar-refractivity contribution >= 4 is 63.8 Å². The van der Waals surface area contributed by atoms with Crippen molar-refractivity contribution in [1.29, 1.82) is 0 Å². The fourth-order valence-electron chi connectivity index (χ4n) is 8.16. The van der Waals surface area contributed by atoms with E-state index in [0.29, 0.717) is 17.5 Å². The summed E-state index contributed by atoms with van der Waals surface area (Å²) >= 11 is 1.79. The van der Waals surface area contributed by atoms with Gasteiger partial charge in [0.25, 0.3) is 0 Å². The average Bonchev–Trinajstić information content (AvgIpc) is 3.65. The van der Waals surface area contributed by atoms with Gasteiger partial charge in [-0.2, -0.15) is 0 Å². The average molecular weight is 718 g/mol. The van der Waals surface area contributed by atoms with Crippen molar-refractivity contribution < 1.29 is 0 Å². The number of hydrogen-bond donors (Lipinski definition) is 0. The third-order valence-electron chi connectivity index (χ3n) is 10.7. The Morgan fingerprint density at radius 1 is 0.291 bits per heavy atom. The number of fused-ring (bicyclic) bond motifs is 7. The fraction of sp³-hybridized carbons (Fsp3) is 0. The molecule has 55 heavy (non-hydrogen) atoms. The van der Waals surface area contributed by atoms with E-state index in [4.69, 9.17) is 15.0 Å². The first-order valence-electron chi connectivity index (χ1n) is 18.5. The summed E-state index contributed by atoms with van der Waals surface area (Å²) in [6, 6.07) is 66.9. The predicted molar refractivity (Wildman–Crippen MR) is 232 cm³/mol. The van der Waals surface area contributed by atoms with E-state index in [0.717, 1.165) is 33.4 Å². The summed E-state index contributed by atoms with van der Waals surface area (Å²) in [5.41, 5.74) is 7.43. The second kappa shape index (κ2) is 12.8. The lowest BCUT2D eigenvalue weighted by atomic mass is 9.92. The highest BCUT2D eigenvalue weighted by Crippen LogP contribution is 2.42. The smallest absolute Gasteiger partial charge is 0.165 e. The van der Waals surface area contributed by atoms with E-state index in [1.807, 2.05) is 0 Å². The zero-order chi connectivity index (χ0) is 36.3. The first kappa shape index (κ1) is 31.5. The highest BCUT2D eigenvalue weighted by Gasteiger charge is 2.20. The van der Waals surface area contributed by atoms with Gasteiger partial charge in [0.15, 0.2) is 17.5 Å². The minimum absolute atomic E-state index is 0.637. The lowest BCUT2D eigenvalue weighted by Gasteiger charge is -2.14. The molecule has 0 radical (unpaired) electrons. The zero-order valence-corrected chi connectivity index (χ0v) is 30.5. The first-order valence-corrected chi connectivity index (χ1v) is 19.3. The molecule has 4 heteroatoms. The molecule has 0 saturated carbocycles. The van der Waals surface area contributed by atoms with Gasteiger partial charge >= 0.3 is 0 Å². The quantitative estimate of drug-likeness (QED) is 0.166. The molecule has 0 aliphatic carbocycles. The van der Waals surface area contributed by atoms with Crippen molar-refractivity contribution in [3.8, 4) is 56.4 Å². The molecule has 9 aromatic carbocycles. The van der Waals surface area contributed by atoms with E-state index >= 15 is 0 Å². The molecule has 0 spiro atoms. The molecule has 2 aromatic heterocycles. The molecule has 0 fully saturated rings. The highest BCUT2D eigenvalue weighted by molar-refractivity contribution is 7.26. The molecule has 0 amide bonds. The van der Waals surface area contributed by atoms with Crippen LogP contribution in [0.25, 0.3) is 109 Å². The second-order valence-electron chi connectivity index (χ2n) is 13.9. The Kier molecular flexibility index (Phi) is 7.35. The molecule has 256 valence electrons. The normalized spacial score (nSPS) is 11.6. The Morgan fingerprint density at radius 3 is 1.71 bits per heavy atom. The molecule has 11 rings (SSSR count). The van der Waals surface area contributed by atoms with Gasteiger partial charge in [-0.15, -0.1) is 11.3 Å². The molecule has 11 aromatic rings. The van der Waals surface area contributed by atoms with Crippen LogP contribution in [0.4, 0.5) is 0 Å². The minimum atomic E-state index is 0.637. The number of nitrogens with zero attached hydrogens (tertiary/aromatic N) is 3. The van der Waals surface area contributed by atoms with Crippen molar-refractivity contribution in [1.82, 2.24) is 15.0 Å². The molecule has 3 nitrogen and oxygen atoms in total. The topological polar surface area (TPSA) is 38.7 Å². The van der Waals surface area contributed by atoms with Crippen LogP contribution in [0.2, 0.25) is 0 Å². The molecule has 0 N–H and O–H groups in total. The van der Waals surface area contributed by atoms with Crippen molar-refractivity contribution in [2.24, 2.45) is 0 Å². The summed E-state index contributed by atoms with van der Waals surface area (Å²) in [4.78, 5) is 15.9. The van der Waals surface area contributed by atoms with Crippen LogP contribution in [0, 0.1) is 0 Å². The minimum Gasteiger partial charge on any atom is -0.208 e. The number of rotatable bonds is 5. The van der Waals surface area contributed by atoms with Crippen LogP contribution < -0.4 is 0 Å². The second-order valence-corrected chi connectivity index (χ2v) is 15.0. The Bertz CT molecular complexity index is 3280. The predicted octanol–water partition coefficient (Wildman–Crippen LogP) is 14.0. The Labute approximate surface area is 321 Å². The van der Waals surface area contributed by atoms with E-state index in [2.05, 4.69) is 188 Å². The number of thiophene rings is 1. The van der Waals surface area contributed by atoms with Gasteiger partial charge in [0.05, 0.1) is 0 Å². The van der Waals surface area contributed by atoms with Gasteiger partial charge in [0, 0.05) is 36.9 Å². The van der Waals surface area contributed by atoms with Crippen molar-refractivity contribution in [2.45, 2.75) is 0 Å². The van der Waals surface area contributed by atoms with Crippen LogP contribution in [-0.4, -0.2) is 15.0 Å². The van der Waals surface area contributed by atoms with E-state index in [9.17, 15) is 0 Å². The van der Waals surface area contributed by atoms with Gasteiger partial charge in [-0.1, -0.05) is 164 Å². The van der Waals surface area contributed by atoms with Gasteiger partial charge < -0.3 is 0 Å². The van der Waals surface area contributed by atoms with Crippen LogP contribution in [-0.2, 0) is 0 Å². The van der Waals surface area contributed by atoms with Crippen LogP contribution in [0.3, 0.4) is 0 Å². The van der Waals surface area contributed by atoms with Gasteiger partial charge in [-0.25, -0.2) is 15.0 Å². The standard InChI is InChI=1S/C51H31N3S/c1-3-19-36-32(14-1)16-12-26-39(36)40-22-7-8-25-44(40)50-52-49(53-51(54-50)45-28-13-27-43-42-24-9-10-29-47(42)55-48(43)45)35-18-11-17-33(30-35)46-31-34-15-2-4-20-37(34)38-21-5-6-23-41(38)46/h1-31H. The lowest BCUT2D eigenvalue weighted by molar-refractivity contribution is 1.08. The molecule has 0 bridgehead atoms. The van der Waals surface area contributed by atoms with Crippen molar-refractivity contribution in [3.63, 3.8) is 0 Å². The summed E-state index contributed by atoms with van der Waals surface area (Å²) in [6.07, 6.45) is 0. The monoisotopic (exact) mass is 717 g/mol. The summed E-state index contributed by atoms with van der Waals surface area (Å²) in [7, 11) is 0. The molecule has 2 heterocycles. The van der Waals surface area contributed by atoms with Crippen LogP contribution >= 0.6 is 11.3 Å².